The third kappa shape index (κ3) is 6.99. The maximum absolute atomic E-state index is 13.2. The number of aliphatic hydroxyl groups is 1. The van der Waals surface area contributed by atoms with Gasteiger partial charge in [0.2, 0.25) is 11.8 Å². The molecule has 0 radical (unpaired) electrons. The van der Waals surface area contributed by atoms with Crippen LogP contribution in [0.1, 0.15) is 43.7 Å². The lowest BCUT2D eigenvalue weighted by Crippen LogP contribution is -2.51. The minimum Gasteiger partial charge on any atom is -0.481 e. The van der Waals surface area contributed by atoms with Gasteiger partial charge in [-0.2, -0.15) is 0 Å². The fourth-order valence-electron chi connectivity index (χ4n) is 6.85. The Labute approximate surface area is 299 Å². The molecule has 2 aromatic carbocycles. The van der Waals surface area contributed by atoms with E-state index in [9.17, 15) is 14.7 Å². The summed E-state index contributed by atoms with van der Waals surface area (Å²) in [6.07, 6.45) is 6.05. The zero-order valence-electron chi connectivity index (χ0n) is 27.8. The largest absolute Gasteiger partial charge is 0.481 e. The Kier molecular flexibility index (Phi) is 9.65. The zero-order valence-corrected chi connectivity index (χ0v) is 29.3. The van der Waals surface area contributed by atoms with Crippen LogP contribution in [0.4, 0.5) is 0 Å². The summed E-state index contributed by atoms with van der Waals surface area (Å²) in [6.45, 7) is 3.42. The predicted molar refractivity (Wildman–Crippen MR) is 195 cm³/mol. The molecule has 1 saturated carbocycles. The van der Waals surface area contributed by atoms with Crippen LogP contribution >= 0.6 is 23.2 Å². The van der Waals surface area contributed by atoms with Crippen LogP contribution in [-0.2, 0) is 17.9 Å². The highest BCUT2D eigenvalue weighted by molar-refractivity contribution is 6.39. The van der Waals surface area contributed by atoms with E-state index in [4.69, 9.17) is 32.9 Å². The van der Waals surface area contributed by atoms with Gasteiger partial charge in [0.1, 0.15) is 5.65 Å². The van der Waals surface area contributed by atoms with Gasteiger partial charge in [-0.05, 0) is 49.9 Å². The number of hydrogen-bond donors (Lipinski definition) is 4. The lowest BCUT2D eigenvalue weighted by molar-refractivity contribution is -0.119. The zero-order chi connectivity index (χ0) is 35.0. The molecule has 10 nitrogen and oxygen atoms in total. The van der Waals surface area contributed by atoms with E-state index in [0.717, 1.165) is 39.8 Å². The fraction of sp³-hybridized carbons (Fsp3) is 0.316. The molecule has 258 valence electrons. The highest BCUT2D eigenvalue weighted by atomic mass is 35.5. The number of hydrogen-bond acceptors (Lipinski definition) is 8. The Morgan fingerprint density at radius 2 is 1.70 bits per heavy atom. The number of carbonyl (C=O) groups excluding carboxylic acids is 1. The van der Waals surface area contributed by atoms with Crippen molar-refractivity contribution in [2.45, 2.75) is 63.4 Å². The summed E-state index contributed by atoms with van der Waals surface area (Å²) < 4.78 is 7.18. The first kappa shape index (κ1) is 34.1. The quantitative estimate of drug-likeness (QED) is 0.136. The summed E-state index contributed by atoms with van der Waals surface area (Å²) >= 11 is 14.2. The van der Waals surface area contributed by atoms with Crippen LogP contribution in [-0.4, -0.2) is 56.7 Å². The Balaban J connectivity index is 1.12. The molecular weight excluding hydrogens is 675 g/mol. The highest BCUT2D eigenvalue weighted by Gasteiger charge is 2.37. The van der Waals surface area contributed by atoms with Crippen LogP contribution in [0.5, 0.6) is 5.88 Å². The van der Waals surface area contributed by atoms with E-state index in [-0.39, 0.29) is 23.6 Å². The number of pyridine rings is 2. The van der Waals surface area contributed by atoms with Crippen molar-refractivity contribution in [2.75, 3.05) is 13.7 Å². The van der Waals surface area contributed by atoms with Crippen molar-refractivity contribution < 1.29 is 14.6 Å². The molecule has 1 saturated heterocycles. The number of methoxy groups -OCH3 is 1. The first-order valence-electron chi connectivity index (χ1n) is 16.7. The van der Waals surface area contributed by atoms with Gasteiger partial charge >= 0.3 is 0 Å². The van der Waals surface area contributed by atoms with Crippen molar-refractivity contribution in [3.8, 4) is 39.4 Å². The van der Waals surface area contributed by atoms with Crippen molar-refractivity contribution >= 4 is 34.8 Å². The average molecular weight is 714 g/mol. The molecule has 12 heteroatoms. The monoisotopic (exact) mass is 712 g/mol. The smallest absolute Gasteiger partial charge is 0.262 e. The molecule has 1 aliphatic heterocycles. The highest BCUT2D eigenvalue weighted by Crippen LogP contribution is 2.42. The number of fused-ring (bicyclic) bond motifs is 1. The summed E-state index contributed by atoms with van der Waals surface area (Å²) in [5.41, 5.74) is 5.68. The van der Waals surface area contributed by atoms with Crippen LogP contribution in [0, 0.1) is 0 Å². The Morgan fingerprint density at radius 3 is 2.40 bits per heavy atom. The SMILES string of the molecule is COc1nc(-c2cccc(-c3cccc(-c4ccn5c(=O)c(CNC6CC(C)(O)C6)cnc5c4)c3Cl)c2Cl)ccc1CNC[C@H]1CCC(=O)N1. The van der Waals surface area contributed by atoms with Gasteiger partial charge in [0.25, 0.3) is 5.56 Å². The van der Waals surface area contributed by atoms with E-state index in [2.05, 4.69) is 20.9 Å². The maximum atomic E-state index is 13.2. The molecule has 1 aliphatic carbocycles. The number of aromatic nitrogens is 3. The molecule has 1 amide bonds. The van der Waals surface area contributed by atoms with E-state index < -0.39 is 5.60 Å². The Hall–Kier alpha value is -4.32. The Bertz CT molecular complexity index is 2140. The lowest BCUT2D eigenvalue weighted by atomic mass is 9.77. The van der Waals surface area contributed by atoms with Gasteiger partial charge in [-0.25, -0.2) is 9.97 Å². The summed E-state index contributed by atoms with van der Waals surface area (Å²) in [7, 11) is 1.59. The average Bonchev–Trinajstić information content (AvgIpc) is 3.52. The van der Waals surface area contributed by atoms with Crippen molar-refractivity contribution in [1.82, 2.24) is 30.3 Å². The van der Waals surface area contributed by atoms with E-state index >= 15 is 0 Å². The molecule has 0 bridgehead atoms. The van der Waals surface area contributed by atoms with E-state index in [1.165, 1.54) is 4.40 Å². The second kappa shape index (κ2) is 14.1. The number of nitrogens with zero attached hydrogens (tertiary/aromatic N) is 3. The Morgan fingerprint density at radius 1 is 0.980 bits per heavy atom. The van der Waals surface area contributed by atoms with Crippen molar-refractivity contribution in [3.05, 3.63) is 105 Å². The third-order valence-electron chi connectivity index (χ3n) is 9.53. The van der Waals surface area contributed by atoms with Crippen molar-refractivity contribution in [3.63, 3.8) is 0 Å². The molecule has 50 heavy (non-hydrogen) atoms. The summed E-state index contributed by atoms with van der Waals surface area (Å²) in [4.78, 5) is 34.1. The van der Waals surface area contributed by atoms with Gasteiger partial charge in [-0.1, -0.05) is 65.7 Å². The predicted octanol–water partition coefficient (Wildman–Crippen LogP) is 5.78. The number of carbonyl (C=O) groups is 1. The number of ether oxygens (including phenoxy) is 1. The molecule has 2 aliphatic rings. The maximum Gasteiger partial charge on any atom is 0.262 e. The van der Waals surface area contributed by atoms with Gasteiger partial charge < -0.3 is 25.8 Å². The van der Waals surface area contributed by atoms with Crippen molar-refractivity contribution in [2.24, 2.45) is 0 Å². The van der Waals surface area contributed by atoms with Gasteiger partial charge in [0.15, 0.2) is 0 Å². The van der Waals surface area contributed by atoms with Crippen LogP contribution in [0.25, 0.3) is 39.2 Å². The molecule has 0 spiro atoms. The number of nitrogens with one attached hydrogen (secondary N) is 3. The number of halogens is 2. The standard InChI is InChI=1S/C38H38Cl2N6O4/c1-38(49)16-26(17-38)42-19-24-20-43-32-15-22(13-14-46(32)37(24)48)27-5-3-6-28(34(27)39)29-7-4-8-30(35(29)40)31-11-9-23(36(45-31)50-2)18-41-21-25-10-12-33(47)44-25/h3-9,11,13-15,20,25-26,41-42,49H,10,12,16-19,21H2,1-2H3,(H,44,47)/t25-,26?,38?/m1/s1. The molecule has 2 fully saturated rings. The second-order valence-electron chi connectivity index (χ2n) is 13.3. The van der Waals surface area contributed by atoms with E-state index in [1.807, 2.05) is 67.6 Å². The second-order valence-corrected chi connectivity index (χ2v) is 14.1. The topological polar surface area (TPSA) is 130 Å². The molecule has 1 atom stereocenters. The fourth-order valence-corrected chi connectivity index (χ4v) is 7.51. The van der Waals surface area contributed by atoms with E-state index in [0.29, 0.717) is 71.7 Å². The third-order valence-corrected chi connectivity index (χ3v) is 10.3. The molecule has 0 unspecified atom stereocenters. The van der Waals surface area contributed by atoms with Gasteiger partial charge in [0.05, 0.1) is 34.0 Å². The first-order chi connectivity index (χ1) is 24.1. The van der Waals surface area contributed by atoms with Crippen molar-refractivity contribution in [1.29, 1.82) is 0 Å². The minimum absolute atomic E-state index is 0.0938. The number of amides is 1. The molecule has 7 rings (SSSR count). The van der Waals surface area contributed by atoms with E-state index in [1.54, 1.807) is 19.5 Å². The van der Waals surface area contributed by atoms with Gasteiger partial charge in [-0.15, -0.1) is 0 Å². The number of benzene rings is 2. The van der Waals surface area contributed by atoms with Gasteiger partial charge in [-0.3, -0.25) is 14.0 Å². The summed E-state index contributed by atoms with van der Waals surface area (Å²) in [5, 5.41) is 20.7. The first-order valence-corrected chi connectivity index (χ1v) is 17.4. The summed E-state index contributed by atoms with van der Waals surface area (Å²) in [6, 6.07) is 19.5. The molecule has 4 N–H and O–H groups in total. The van der Waals surface area contributed by atoms with Crippen LogP contribution < -0.4 is 26.2 Å². The number of rotatable bonds is 11. The van der Waals surface area contributed by atoms with Crippen LogP contribution in [0.2, 0.25) is 10.0 Å². The van der Waals surface area contributed by atoms with Gasteiger partial charge in [0, 0.05) is 78.3 Å². The molecule has 5 aromatic rings. The molecular formula is C38H38Cl2N6O4. The molecule has 4 heterocycles. The normalized spacial score (nSPS) is 20.1. The molecule has 3 aromatic heterocycles. The van der Waals surface area contributed by atoms with Crippen LogP contribution in [0.3, 0.4) is 0 Å². The minimum atomic E-state index is -0.634. The summed E-state index contributed by atoms with van der Waals surface area (Å²) in [5.74, 6) is 0.586. The van der Waals surface area contributed by atoms with Crippen LogP contribution in [0.15, 0.2) is 77.9 Å². The lowest BCUT2D eigenvalue weighted by Gasteiger charge is -2.41.